The summed E-state index contributed by atoms with van der Waals surface area (Å²) in [5, 5.41) is 24.9. The summed E-state index contributed by atoms with van der Waals surface area (Å²) >= 11 is 4.08. The Hall–Kier alpha value is -4.60. The molecule has 8 heteroatoms. The second-order valence-electron chi connectivity index (χ2n) is 20.0. The normalized spacial score (nSPS) is 26.6. The van der Waals surface area contributed by atoms with Crippen LogP contribution in [0, 0.1) is 0 Å². The molecule has 2 unspecified atom stereocenters. The molecular weight excluding hydrogens is 789 g/mol. The monoisotopic (exact) mass is 844 g/mol. The molecule has 10 rings (SSSR count). The van der Waals surface area contributed by atoms with Gasteiger partial charge in [0, 0.05) is 20.9 Å². The molecule has 2 atom stereocenters. The summed E-state index contributed by atoms with van der Waals surface area (Å²) in [6.07, 6.45) is 8.51. The average molecular weight is 845 g/mol. The molecule has 4 aromatic rings. The van der Waals surface area contributed by atoms with Gasteiger partial charge < -0.3 is 0 Å². The minimum absolute atomic E-state index is 0.121. The molecule has 0 bridgehead atoms. The molecule has 4 aromatic carbocycles. The average Bonchev–Trinajstić information content (AvgIpc) is 4.02. The van der Waals surface area contributed by atoms with Crippen LogP contribution in [0.25, 0.3) is 32.1 Å². The molecule has 61 heavy (non-hydrogen) atoms. The number of amidine groups is 2. The van der Waals surface area contributed by atoms with Gasteiger partial charge in [0.2, 0.25) is 0 Å². The number of thioether (sulfide) groups is 2. The fraction of sp³-hybridized carbons (Fsp3) is 0.358. The van der Waals surface area contributed by atoms with Gasteiger partial charge in [-0.05, 0) is 168 Å². The van der Waals surface area contributed by atoms with Crippen molar-refractivity contribution in [3.05, 3.63) is 154 Å². The lowest BCUT2D eigenvalue weighted by Gasteiger charge is -2.47. The van der Waals surface area contributed by atoms with E-state index >= 15 is 0 Å². The molecule has 0 saturated heterocycles. The predicted octanol–water partition coefficient (Wildman–Crippen LogP) is 13.2. The first-order valence-corrected chi connectivity index (χ1v) is 23.3. The number of benzene rings is 4. The highest BCUT2D eigenvalue weighted by molar-refractivity contribution is 8.14. The van der Waals surface area contributed by atoms with Gasteiger partial charge >= 0.3 is 0 Å². The zero-order chi connectivity index (χ0) is 43.1. The quantitative estimate of drug-likeness (QED) is 0.201. The summed E-state index contributed by atoms with van der Waals surface area (Å²) in [7, 11) is 0. The molecule has 312 valence electrons. The number of nitrogens with zero attached hydrogens (tertiary/aromatic N) is 4. The van der Waals surface area contributed by atoms with E-state index in [-0.39, 0.29) is 9.49 Å². The smallest absolute Gasteiger partial charge is 0.156 e. The lowest BCUT2D eigenvalue weighted by Crippen LogP contribution is -2.51. The molecule has 4 aliphatic heterocycles. The molecular formula is C53H56N4O2S2. The summed E-state index contributed by atoms with van der Waals surface area (Å²) in [6, 6.07) is 34.8. The van der Waals surface area contributed by atoms with Crippen LogP contribution in [0.15, 0.2) is 141 Å². The van der Waals surface area contributed by atoms with Crippen LogP contribution >= 0.6 is 23.5 Å². The second kappa shape index (κ2) is 13.5. The number of hydrogen-bond acceptors (Lipinski definition) is 8. The summed E-state index contributed by atoms with van der Waals surface area (Å²) in [6.45, 7) is 21.4. The van der Waals surface area contributed by atoms with Crippen LogP contribution in [0.1, 0.15) is 111 Å². The van der Waals surface area contributed by atoms with Crippen LogP contribution in [0.5, 0.6) is 0 Å². The Labute approximate surface area is 369 Å². The second-order valence-corrected chi connectivity index (χ2v) is 22.9. The first-order valence-electron chi connectivity index (χ1n) is 21.7. The fourth-order valence-corrected chi connectivity index (χ4v) is 13.1. The third-order valence-corrected chi connectivity index (χ3v) is 18.8. The van der Waals surface area contributed by atoms with E-state index < -0.39 is 22.2 Å². The maximum atomic E-state index is 11.1. The van der Waals surface area contributed by atoms with Crippen LogP contribution < -0.4 is 0 Å². The van der Waals surface area contributed by atoms with Crippen molar-refractivity contribution in [3.8, 4) is 22.3 Å². The summed E-state index contributed by atoms with van der Waals surface area (Å²) in [4.78, 5) is 12.5. The largest absolute Gasteiger partial charge is 0.286 e. The van der Waals surface area contributed by atoms with Crippen molar-refractivity contribution in [2.24, 2.45) is 9.98 Å². The third-order valence-electron chi connectivity index (χ3n) is 15.5. The van der Waals surface area contributed by atoms with Crippen molar-refractivity contribution >= 4 is 45.0 Å². The first-order chi connectivity index (χ1) is 28.8. The van der Waals surface area contributed by atoms with Crippen molar-refractivity contribution in [2.45, 2.75) is 120 Å². The van der Waals surface area contributed by atoms with Crippen LogP contribution in [-0.2, 0) is 0 Å². The Morgan fingerprint density at radius 2 is 0.803 bits per heavy atom. The van der Waals surface area contributed by atoms with E-state index in [9.17, 15) is 10.4 Å². The molecule has 4 heterocycles. The number of hydroxylamine groups is 4. The summed E-state index contributed by atoms with van der Waals surface area (Å²) < 4.78 is -0.243. The molecule has 6 aliphatic rings. The maximum Gasteiger partial charge on any atom is 0.156 e. The van der Waals surface area contributed by atoms with E-state index in [0.29, 0.717) is 11.7 Å². The molecule has 1 saturated carbocycles. The third kappa shape index (κ3) is 5.85. The topological polar surface area (TPSA) is 71.7 Å². The van der Waals surface area contributed by atoms with Gasteiger partial charge in [0.25, 0.3) is 0 Å². The first kappa shape index (κ1) is 40.5. The van der Waals surface area contributed by atoms with Crippen molar-refractivity contribution in [1.82, 2.24) is 10.1 Å². The molecule has 1 fully saturated rings. The van der Waals surface area contributed by atoms with Gasteiger partial charge in [0.05, 0.1) is 31.6 Å². The van der Waals surface area contributed by atoms with Gasteiger partial charge in [0.15, 0.2) is 11.7 Å². The number of aliphatic imine (C=N–C) groups is 2. The van der Waals surface area contributed by atoms with Gasteiger partial charge in [-0.15, -0.1) is 23.5 Å². The number of rotatable bonds is 6. The van der Waals surface area contributed by atoms with Crippen molar-refractivity contribution in [1.29, 1.82) is 0 Å². The van der Waals surface area contributed by atoms with Crippen LogP contribution in [0.4, 0.5) is 0 Å². The Morgan fingerprint density at radius 3 is 1.15 bits per heavy atom. The Kier molecular flexibility index (Phi) is 8.92. The zero-order valence-electron chi connectivity index (χ0n) is 37.0. The van der Waals surface area contributed by atoms with E-state index in [0.717, 1.165) is 46.2 Å². The SMILES string of the molecule is CC1(C)N=C(c2cccc(-c3ccc(C4=CC5=C6CCCC6=C6C=C(c7ccc(-c8cccc(C9=NC(C)(C)C(C)(C)N9O)c8)cc7)SC6(C)C5(C)S4)cc3)c2)N(O)C1(C)C. The Morgan fingerprint density at radius 1 is 0.459 bits per heavy atom. The van der Waals surface area contributed by atoms with E-state index in [4.69, 9.17) is 9.98 Å². The molecule has 0 spiro atoms. The molecule has 6 nitrogen and oxygen atoms in total. The standard InChI is InChI=1S/C53H56N4O2S2/c1-48(2)50(5,6)56(58)46(54-48)38-16-11-14-36(28-38)32-20-24-34(25-21-32)44-30-42-40-18-13-19-41(40)43-31-45(61-53(43,10)52(42,9)60-44)35-26-22-33(23-27-35)37-15-12-17-39(29-37)47-55-49(3,4)51(7,8)57(47)59/h11-12,14-17,20-31,58-59H,13,18-19H2,1-10H3. The molecule has 2 aliphatic carbocycles. The minimum atomic E-state index is -0.509. The molecule has 0 amide bonds. The Balaban J connectivity index is 0.901. The lowest BCUT2D eigenvalue weighted by atomic mass is 9.72. The maximum absolute atomic E-state index is 11.1. The molecule has 2 N–H and O–H groups in total. The Bertz CT molecular complexity index is 2540. The highest BCUT2D eigenvalue weighted by Gasteiger charge is 2.59. The number of fused-ring (bicyclic) bond motifs is 4. The van der Waals surface area contributed by atoms with Gasteiger partial charge in [-0.1, -0.05) is 84.9 Å². The number of hydrogen-bond donors (Lipinski definition) is 2. The van der Waals surface area contributed by atoms with Crippen LogP contribution in [0.3, 0.4) is 0 Å². The van der Waals surface area contributed by atoms with Crippen LogP contribution in [0.2, 0.25) is 0 Å². The highest BCUT2D eigenvalue weighted by Crippen LogP contribution is 2.70. The minimum Gasteiger partial charge on any atom is -0.286 e. The molecule has 0 aromatic heterocycles. The van der Waals surface area contributed by atoms with Gasteiger partial charge in [-0.3, -0.25) is 20.4 Å². The summed E-state index contributed by atoms with van der Waals surface area (Å²) in [5.74, 6) is 1.23. The fourth-order valence-electron chi connectivity index (χ4n) is 9.88. The van der Waals surface area contributed by atoms with Gasteiger partial charge in [-0.2, -0.15) is 0 Å². The zero-order valence-corrected chi connectivity index (χ0v) is 38.6. The predicted molar refractivity (Wildman–Crippen MR) is 256 cm³/mol. The van der Waals surface area contributed by atoms with Gasteiger partial charge in [-0.25, -0.2) is 10.1 Å². The molecule has 0 radical (unpaired) electrons. The van der Waals surface area contributed by atoms with E-state index in [1.54, 1.807) is 11.1 Å². The van der Waals surface area contributed by atoms with Gasteiger partial charge in [0.1, 0.15) is 0 Å². The number of allylic oxidation sites excluding steroid dienone is 4. The highest BCUT2D eigenvalue weighted by atomic mass is 32.2. The van der Waals surface area contributed by atoms with E-state index in [2.05, 4.69) is 139 Å². The van der Waals surface area contributed by atoms with Crippen molar-refractivity contribution < 1.29 is 10.4 Å². The van der Waals surface area contributed by atoms with E-state index in [1.165, 1.54) is 48.6 Å². The van der Waals surface area contributed by atoms with Crippen LogP contribution in [-0.4, -0.2) is 63.9 Å². The van der Waals surface area contributed by atoms with E-state index in [1.807, 2.05) is 63.4 Å². The van der Waals surface area contributed by atoms with Crippen molar-refractivity contribution in [2.75, 3.05) is 0 Å². The summed E-state index contributed by atoms with van der Waals surface area (Å²) in [5.41, 5.74) is 13.1. The lowest BCUT2D eigenvalue weighted by molar-refractivity contribution is -0.0992. The van der Waals surface area contributed by atoms with Crippen molar-refractivity contribution in [3.63, 3.8) is 0 Å².